The van der Waals surface area contributed by atoms with Gasteiger partial charge in [0.25, 0.3) is 0 Å². The Bertz CT molecular complexity index is 1200. The average molecular weight is 780 g/mol. The normalized spacial score (nSPS) is 16.6. The molecule has 1 fully saturated rings. The number of β-amino-alcohol motifs (C(OH)–C–C–N with tert-alkyl or cyclic N) is 1. The molecule has 1 aromatic rings. The Kier molecular flexibility index (Phi) is 27.4. The van der Waals surface area contributed by atoms with Crippen LogP contribution in [0.15, 0.2) is 30.3 Å². The van der Waals surface area contributed by atoms with Gasteiger partial charge in [-0.05, 0) is 31.7 Å². The molecular formula is C42H71ClN4O7. The first-order valence-electron chi connectivity index (χ1n) is 20.7. The molecule has 2 rings (SSSR count). The molecule has 1 saturated heterocycles. The van der Waals surface area contributed by atoms with Gasteiger partial charge in [-0.3, -0.25) is 24.1 Å². The molecule has 54 heavy (non-hydrogen) atoms. The fourth-order valence-corrected chi connectivity index (χ4v) is 6.95. The van der Waals surface area contributed by atoms with Crippen LogP contribution < -0.4 is 16.4 Å². The predicted molar refractivity (Wildman–Crippen MR) is 216 cm³/mol. The molecule has 308 valence electrons. The monoisotopic (exact) mass is 779 g/mol. The lowest BCUT2D eigenvalue weighted by Crippen LogP contribution is -2.51. The summed E-state index contributed by atoms with van der Waals surface area (Å²) in [6.07, 6.45) is 23.4. The second-order valence-corrected chi connectivity index (χ2v) is 15.0. The maximum Gasteiger partial charge on any atom is 0.335 e. The number of halogens is 1. The highest BCUT2D eigenvalue weighted by Crippen LogP contribution is 2.21. The van der Waals surface area contributed by atoms with Crippen LogP contribution in [-0.4, -0.2) is 70.4 Å². The van der Waals surface area contributed by atoms with Crippen LogP contribution in [0, 0.1) is 0 Å². The molecule has 1 unspecified atom stereocenters. The molecule has 0 radical (unpaired) electrons. The van der Waals surface area contributed by atoms with E-state index in [-0.39, 0.29) is 38.1 Å². The standard InChI is InChI=1S/C42H70N4O7.ClH/c1-3-4-5-6-7-8-9-10-11-12-13-14-15-16-17-18-19-20-24-27-39(49)53-42(52)33(2)44-38(48)29-28-36(40(43)50)45-41(51)37-30-35(47)32-46(37)31-34-25-22-21-23-26-34;/h21-23,25-26,33,35-37,47H,3-20,24,27-32H2,1-2H3,(H2,43,50)(H,44,48)(H,45,51);1H/t33-,35?,36+,37-;/m0./s1. The Hall–Kier alpha value is -3.02. The number of nitrogens with two attached hydrogens (primary N) is 1. The number of esters is 2. The number of primary amides is 1. The highest BCUT2D eigenvalue weighted by atomic mass is 35.5. The van der Waals surface area contributed by atoms with Crippen molar-refractivity contribution in [3.05, 3.63) is 35.9 Å². The Morgan fingerprint density at radius 1 is 0.778 bits per heavy atom. The minimum absolute atomic E-state index is 0. The average Bonchev–Trinajstić information content (AvgIpc) is 3.50. The quantitative estimate of drug-likeness (QED) is 0.0362. The number of likely N-dealkylation sites (tertiary alicyclic amines) is 1. The van der Waals surface area contributed by atoms with Gasteiger partial charge >= 0.3 is 11.9 Å². The zero-order valence-corrected chi connectivity index (χ0v) is 34.0. The van der Waals surface area contributed by atoms with Gasteiger partial charge in [-0.2, -0.15) is 0 Å². The summed E-state index contributed by atoms with van der Waals surface area (Å²) < 4.78 is 4.94. The van der Waals surface area contributed by atoms with Crippen molar-refractivity contribution in [2.24, 2.45) is 5.73 Å². The van der Waals surface area contributed by atoms with Crippen LogP contribution in [0.25, 0.3) is 0 Å². The number of unbranched alkanes of at least 4 members (excludes halogenated alkanes) is 18. The van der Waals surface area contributed by atoms with Crippen LogP contribution in [0.3, 0.4) is 0 Å². The molecule has 0 bridgehead atoms. The van der Waals surface area contributed by atoms with Crippen molar-refractivity contribution >= 4 is 42.1 Å². The number of benzene rings is 1. The van der Waals surface area contributed by atoms with Crippen LogP contribution in [0.1, 0.15) is 167 Å². The number of rotatable bonds is 30. The highest BCUT2D eigenvalue weighted by molar-refractivity contribution is 5.92. The molecule has 0 aliphatic carbocycles. The largest absolute Gasteiger partial charge is 0.392 e. The second kappa shape index (κ2) is 30.2. The van der Waals surface area contributed by atoms with Crippen LogP contribution in [0.5, 0.6) is 0 Å². The van der Waals surface area contributed by atoms with Gasteiger partial charge in [-0.25, -0.2) is 4.79 Å². The smallest absolute Gasteiger partial charge is 0.335 e. The number of ether oxygens (including phenoxy) is 1. The lowest BCUT2D eigenvalue weighted by molar-refractivity contribution is -0.161. The molecule has 5 N–H and O–H groups in total. The molecule has 0 spiro atoms. The van der Waals surface area contributed by atoms with E-state index in [1.807, 2.05) is 35.2 Å². The van der Waals surface area contributed by atoms with E-state index in [0.717, 1.165) is 24.8 Å². The summed E-state index contributed by atoms with van der Waals surface area (Å²) in [4.78, 5) is 64.2. The third-order valence-electron chi connectivity index (χ3n) is 10.2. The van der Waals surface area contributed by atoms with E-state index in [2.05, 4.69) is 17.6 Å². The SMILES string of the molecule is CCCCCCCCCCCCCCCCCCCCCC(=O)OC(=O)[C@H](C)NC(=O)CC[C@@H](NC(=O)[C@@H]1CC(O)CN1Cc1ccccc1)C(N)=O.Cl. The Balaban J connectivity index is 0.0000146. The molecular weight excluding hydrogens is 708 g/mol. The number of aliphatic hydroxyl groups is 1. The van der Waals surface area contributed by atoms with E-state index >= 15 is 0 Å². The third kappa shape index (κ3) is 22.4. The van der Waals surface area contributed by atoms with Gasteiger partial charge in [0, 0.05) is 25.9 Å². The molecule has 11 nitrogen and oxygen atoms in total. The van der Waals surface area contributed by atoms with Gasteiger partial charge in [0.05, 0.1) is 12.1 Å². The Morgan fingerprint density at radius 3 is 1.78 bits per heavy atom. The van der Waals surface area contributed by atoms with Crippen molar-refractivity contribution < 1.29 is 33.8 Å². The minimum Gasteiger partial charge on any atom is -0.392 e. The number of carbonyl (C=O) groups is 5. The summed E-state index contributed by atoms with van der Waals surface area (Å²) in [7, 11) is 0. The lowest BCUT2D eigenvalue weighted by atomic mass is 10.0. The number of nitrogens with one attached hydrogen (secondary N) is 2. The summed E-state index contributed by atoms with van der Waals surface area (Å²) in [5.74, 6) is -3.27. The van der Waals surface area contributed by atoms with E-state index in [1.165, 1.54) is 103 Å². The number of aliphatic hydroxyl groups excluding tert-OH is 1. The maximum atomic E-state index is 13.1. The summed E-state index contributed by atoms with van der Waals surface area (Å²) in [6.45, 7) is 4.45. The van der Waals surface area contributed by atoms with E-state index in [1.54, 1.807) is 0 Å². The number of hydrogen-bond donors (Lipinski definition) is 4. The van der Waals surface area contributed by atoms with Gasteiger partial charge in [-0.15, -0.1) is 12.4 Å². The number of hydrogen-bond acceptors (Lipinski definition) is 8. The Morgan fingerprint density at radius 2 is 1.28 bits per heavy atom. The van der Waals surface area contributed by atoms with Crippen molar-refractivity contribution in [1.29, 1.82) is 0 Å². The van der Waals surface area contributed by atoms with E-state index < -0.39 is 53.9 Å². The summed E-state index contributed by atoms with van der Waals surface area (Å²) in [5.41, 5.74) is 6.51. The fraction of sp³-hybridized carbons (Fsp3) is 0.738. The molecule has 1 aliphatic rings. The lowest BCUT2D eigenvalue weighted by Gasteiger charge is -2.25. The molecule has 4 atom stereocenters. The highest BCUT2D eigenvalue weighted by Gasteiger charge is 2.37. The molecule has 3 amide bonds. The van der Waals surface area contributed by atoms with Gasteiger partial charge in [-0.1, -0.05) is 153 Å². The van der Waals surface area contributed by atoms with Crippen LogP contribution in [0.4, 0.5) is 0 Å². The first-order chi connectivity index (χ1) is 25.6. The van der Waals surface area contributed by atoms with Crippen LogP contribution >= 0.6 is 12.4 Å². The topological polar surface area (TPSA) is 168 Å². The number of carbonyl (C=O) groups excluding carboxylic acids is 5. The molecule has 12 heteroatoms. The predicted octanol–water partition coefficient (Wildman–Crippen LogP) is 7.19. The summed E-state index contributed by atoms with van der Waals surface area (Å²) >= 11 is 0. The zero-order valence-electron chi connectivity index (χ0n) is 33.2. The molecule has 0 saturated carbocycles. The maximum absolute atomic E-state index is 13.1. The number of amides is 3. The molecule has 1 aromatic carbocycles. The minimum atomic E-state index is -1.12. The number of nitrogens with zero attached hydrogens (tertiary/aromatic N) is 1. The fourth-order valence-electron chi connectivity index (χ4n) is 6.95. The Labute approximate surface area is 331 Å². The molecule has 1 heterocycles. The summed E-state index contributed by atoms with van der Waals surface area (Å²) in [6, 6.07) is 6.71. The van der Waals surface area contributed by atoms with Crippen LogP contribution in [-0.2, 0) is 35.3 Å². The van der Waals surface area contributed by atoms with Crippen molar-refractivity contribution in [3.8, 4) is 0 Å². The van der Waals surface area contributed by atoms with Gasteiger partial charge < -0.3 is 26.2 Å². The molecule has 1 aliphatic heterocycles. The van der Waals surface area contributed by atoms with Crippen molar-refractivity contribution in [2.75, 3.05) is 6.54 Å². The second-order valence-electron chi connectivity index (χ2n) is 15.0. The zero-order chi connectivity index (χ0) is 38.7. The first kappa shape index (κ1) is 49.0. The van der Waals surface area contributed by atoms with Crippen molar-refractivity contribution in [1.82, 2.24) is 15.5 Å². The van der Waals surface area contributed by atoms with Crippen molar-refractivity contribution in [3.63, 3.8) is 0 Å². The first-order valence-corrected chi connectivity index (χ1v) is 20.7. The van der Waals surface area contributed by atoms with E-state index in [4.69, 9.17) is 10.5 Å². The van der Waals surface area contributed by atoms with Gasteiger partial charge in [0.2, 0.25) is 17.7 Å². The van der Waals surface area contributed by atoms with Gasteiger partial charge in [0.1, 0.15) is 12.1 Å². The summed E-state index contributed by atoms with van der Waals surface area (Å²) in [5, 5.41) is 15.3. The van der Waals surface area contributed by atoms with Gasteiger partial charge in [0.15, 0.2) is 0 Å². The van der Waals surface area contributed by atoms with E-state index in [0.29, 0.717) is 19.5 Å². The third-order valence-corrected chi connectivity index (χ3v) is 10.2. The van der Waals surface area contributed by atoms with E-state index in [9.17, 15) is 29.1 Å². The van der Waals surface area contributed by atoms with Crippen LogP contribution in [0.2, 0.25) is 0 Å². The molecule has 0 aromatic heterocycles. The van der Waals surface area contributed by atoms with Crippen molar-refractivity contribution in [2.45, 2.75) is 192 Å².